The predicted molar refractivity (Wildman–Crippen MR) is 79.3 cm³/mol. The van der Waals surface area contributed by atoms with Crippen LogP contribution < -0.4 is 0 Å². The molecule has 0 bridgehead atoms. The molecule has 2 atom stereocenters. The Kier molecular flexibility index (Phi) is 3.52. The van der Waals surface area contributed by atoms with E-state index in [1.54, 1.807) is 11.8 Å². The van der Waals surface area contributed by atoms with Crippen molar-refractivity contribution in [3.63, 3.8) is 0 Å². The van der Waals surface area contributed by atoms with Gasteiger partial charge in [0.2, 0.25) is 0 Å². The molecule has 0 saturated heterocycles. The summed E-state index contributed by atoms with van der Waals surface area (Å²) in [5.74, 6) is -0.149. The maximum absolute atomic E-state index is 12.2. The smallest absolute Gasteiger partial charge is 0.323 e. The van der Waals surface area contributed by atoms with Crippen LogP contribution in [-0.4, -0.2) is 17.8 Å². The largest absolute Gasteiger partial charge is 0.468 e. The SMILES string of the molecule is C=C(C)C1(C)CC1(Sc1cccc(C)c1)C(=O)OC. The second kappa shape index (κ2) is 4.71. The molecule has 0 spiro atoms. The minimum Gasteiger partial charge on any atom is -0.468 e. The van der Waals surface area contributed by atoms with Crippen molar-refractivity contribution in [2.24, 2.45) is 5.41 Å². The quantitative estimate of drug-likeness (QED) is 0.614. The fraction of sp³-hybridized carbons (Fsp3) is 0.438. The van der Waals surface area contributed by atoms with Crippen LogP contribution in [0, 0.1) is 12.3 Å². The standard InChI is InChI=1S/C16H20O2S/c1-11(2)15(4)10-16(15,14(17)18-5)19-13-8-6-7-12(3)9-13/h6-9H,1,10H2,2-5H3. The summed E-state index contributed by atoms with van der Waals surface area (Å²) in [6, 6.07) is 8.22. The van der Waals surface area contributed by atoms with Crippen molar-refractivity contribution >= 4 is 17.7 Å². The molecule has 1 aliphatic carbocycles. The molecule has 1 aliphatic rings. The number of aryl methyl sites for hydroxylation is 1. The Morgan fingerprint density at radius 1 is 1.47 bits per heavy atom. The molecule has 0 aromatic heterocycles. The Morgan fingerprint density at radius 3 is 2.63 bits per heavy atom. The van der Waals surface area contributed by atoms with E-state index in [-0.39, 0.29) is 11.4 Å². The molecular weight excluding hydrogens is 256 g/mol. The summed E-state index contributed by atoms with van der Waals surface area (Å²) in [7, 11) is 1.46. The van der Waals surface area contributed by atoms with Crippen LogP contribution in [0.15, 0.2) is 41.3 Å². The van der Waals surface area contributed by atoms with Crippen LogP contribution in [0.25, 0.3) is 0 Å². The number of benzene rings is 1. The first-order valence-electron chi connectivity index (χ1n) is 6.36. The molecule has 1 saturated carbocycles. The Hall–Kier alpha value is -1.22. The van der Waals surface area contributed by atoms with Gasteiger partial charge in [0.15, 0.2) is 0 Å². The fourth-order valence-electron chi connectivity index (χ4n) is 2.48. The summed E-state index contributed by atoms with van der Waals surface area (Å²) in [5, 5.41) is 0. The number of ether oxygens (including phenoxy) is 1. The van der Waals surface area contributed by atoms with Gasteiger partial charge in [-0.05, 0) is 32.4 Å². The minimum atomic E-state index is -0.513. The highest BCUT2D eigenvalue weighted by molar-refractivity contribution is 8.01. The number of carbonyl (C=O) groups excluding carboxylic acids is 1. The lowest BCUT2D eigenvalue weighted by atomic mass is 9.98. The topological polar surface area (TPSA) is 26.3 Å². The minimum absolute atomic E-state index is 0.149. The number of esters is 1. The second-order valence-electron chi connectivity index (χ2n) is 5.53. The van der Waals surface area contributed by atoms with Gasteiger partial charge >= 0.3 is 5.97 Å². The molecular formula is C16H20O2S. The lowest BCUT2D eigenvalue weighted by Crippen LogP contribution is -2.27. The van der Waals surface area contributed by atoms with E-state index >= 15 is 0 Å². The third-order valence-electron chi connectivity index (χ3n) is 4.11. The van der Waals surface area contributed by atoms with E-state index in [4.69, 9.17) is 4.74 Å². The first-order valence-corrected chi connectivity index (χ1v) is 7.17. The average molecular weight is 276 g/mol. The average Bonchev–Trinajstić information content (AvgIpc) is 2.96. The van der Waals surface area contributed by atoms with Gasteiger partial charge in [-0.25, -0.2) is 0 Å². The summed E-state index contributed by atoms with van der Waals surface area (Å²) in [4.78, 5) is 13.3. The van der Waals surface area contributed by atoms with E-state index in [0.717, 1.165) is 16.9 Å². The summed E-state index contributed by atoms with van der Waals surface area (Å²) >= 11 is 1.60. The molecule has 0 radical (unpaired) electrons. The van der Waals surface area contributed by atoms with Crippen molar-refractivity contribution in [1.29, 1.82) is 0 Å². The van der Waals surface area contributed by atoms with E-state index < -0.39 is 4.75 Å². The van der Waals surface area contributed by atoms with Crippen LogP contribution in [-0.2, 0) is 9.53 Å². The van der Waals surface area contributed by atoms with Crippen LogP contribution in [0.5, 0.6) is 0 Å². The molecule has 19 heavy (non-hydrogen) atoms. The predicted octanol–water partition coefficient (Wildman–Crippen LogP) is 3.99. The fourth-order valence-corrected chi connectivity index (χ4v) is 4.20. The maximum Gasteiger partial charge on any atom is 0.323 e. The van der Waals surface area contributed by atoms with Crippen molar-refractivity contribution in [2.45, 2.75) is 36.8 Å². The molecule has 2 unspecified atom stereocenters. The summed E-state index contributed by atoms with van der Waals surface area (Å²) in [5.41, 5.74) is 2.06. The van der Waals surface area contributed by atoms with E-state index in [2.05, 4.69) is 32.6 Å². The third kappa shape index (κ3) is 2.20. The van der Waals surface area contributed by atoms with Crippen LogP contribution in [0.1, 0.15) is 25.8 Å². The summed E-state index contributed by atoms with van der Waals surface area (Å²) in [6.45, 7) is 10.2. The van der Waals surface area contributed by atoms with E-state index in [9.17, 15) is 4.79 Å². The molecule has 3 heteroatoms. The van der Waals surface area contributed by atoms with Gasteiger partial charge in [-0.1, -0.05) is 36.8 Å². The van der Waals surface area contributed by atoms with Crippen molar-refractivity contribution in [3.8, 4) is 0 Å². The summed E-state index contributed by atoms with van der Waals surface area (Å²) < 4.78 is 4.51. The van der Waals surface area contributed by atoms with Gasteiger partial charge in [-0.3, -0.25) is 4.79 Å². The van der Waals surface area contributed by atoms with E-state index in [1.807, 2.05) is 19.1 Å². The van der Waals surface area contributed by atoms with Gasteiger partial charge < -0.3 is 4.74 Å². The molecule has 1 aromatic carbocycles. The third-order valence-corrected chi connectivity index (χ3v) is 5.71. The van der Waals surface area contributed by atoms with Crippen LogP contribution >= 0.6 is 11.8 Å². The summed E-state index contributed by atoms with van der Waals surface area (Å²) in [6.07, 6.45) is 0.792. The number of rotatable bonds is 4. The second-order valence-corrected chi connectivity index (χ2v) is 6.90. The zero-order chi connectivity index (χ0) is 14.3. The molecule has 0 amide bonds. The molecule has 0 N–H and O–H groups in total. The van der Waals surface area contributed by atoms with Gasteiger partial charge in [0.05, 0.1) is 7.11 Å². The van der Waals surface area contributed by atoms with E-state index in [1.165, 1.54) is 12.7 Å². The zero-order valence-electron chi connectivity index (χ0n) is 11.9. The maximum atomic E-state index is 12.2. The molecule has 2 nitrogen and oxygen atoms in total. The normalized spacial score (nSPS) is 28.8. The van der Waals surface area contributed by atoms with Crippen LogP contribution in [0.4, 0.5) is 0 Å². The van der Waals surface area contributed by atoms with Crippen molar-refractivity contribution in [2.75, 3.05) is 7.11 Å². The van der Waals surface area contributed by atoms with Gasteiger partial charge in [-0.15, -0.1) is 11.8 Å². The number of hydrogen-bond acceptors (Lipinski definition) is 3. The first-order chi connectivity index (χ1) is 8.85. The van der Waals surface area contributed by atoms with Gasteiger partial charge in [0.1, 0.15) is 4.75 Å². The monoisotopic (exact) mass is 276 g/mol. The zero-order valence-corrected chi connectivity index (χ0v) is 12.8. The molecule has 1 aromatic rings. The number of hydrogen-bond donors (Lipinski definition) is 0. The molecule has 102 valence electrons. The number of methoxy groups -OCH3 is 1. The lowest BCUT2D eigenvalue weighted by molar-refractivity contribution is -0.141. The number of carbonyl (C=O) groups is 1. The van der Waals surface area contributed by atoms with Crippen molar-refractivity contribution < 1.29 is 9.53 Å². The Morgan fingerprint density at radius 2 is 2.16 bits per heavy atom. The number of allylic oxidation sites excluding steroid dienone is 1. The van der Waals surface area contributed by atoms with Crippen molar-refractivity contribution in [3.05, 3.63) is 42.0 Å². The molecule has 0 heterocycles. The van der Waals surface area contributed by atoms with Crippen LogP contribution in [0.3, 0.4) is 0 Å². The molecule has 1 fully saturated rings. The first kappa shape index (κ1) is 14.2. The Labute approximate surface area is 119 Å². The molecule has 2 rings (SSSR count). The van der Waals surface area contributed by atoms with Crippen LogP contribution in [0.2, 0.25) is 0 Å². The van der Waals surface area contributed by atoms with Gasteiger partial charge in [0, 0.05) is 10.3 Å². The van der Waals surface area contributed by atoms with E-state index in [0.29, 0.717) is 0 Å². The highest BCUT2D eigenvalue weighted by Crippen LogP contribution is 2.69. The highest BCUT2D eigenvalue weighted by atomic mass is 32.2. The Bertz CT molecular complexity index is 537. The number of thioether (sulfide) groups is 1. The van der Waals surface area contributed by atoms with Gasteiger partial charge in [-0.2, -0.15) is 0 Å². The molecule has 0 aliphatic heterocycles. The lowest BCUT2D eigenvalue weighted by Gasteiger charge is -2.20. The Balaban J connectivity index is 2.33. The highest BCUT2D eigenvalue weighted by Gasteiger charge is 2.71. The van der Waals surface area contributed by atoms with Crippen molar-refractivity contribution in [1.82, 2.24) is 0 Å². The van der Waals surface area contributed by atoms with Gasteiger partial charge in [0.25, 0.3) is 0 Å².